The summed E-state index contributed by atoms with van der Waals surface area (Å²) in [5.74, 6) is 0.714. The number of hydrogen-bond donors (Lipinski definition) is 0. The third-order valence-corrected chi connectivity index (χ3v) is 3.74. The lowest BCUT2D eigenvalue weighted by molar-refractivity contribution is 0.112. The van der Waals surface area contributed by atoms with Crippen LogP contribution in [0.3, 0.4) is 0 Å². The molecule has 78 valence electrons. The molecule has 2 rings (SSSR count). The summed E-state index contributed by atoms with van der Waals surface area (Å²) in [5.41, 5.74) is 2.41. The maximum Gasteiger partial charge on any atom is 0.163 e. The minimum Gasteiger partial charge on any atom is -0.494 e. The smallest absolute Gasteiger partial charge is 0.163 e. The number of methoxy groups -OCH3 is 1. The second-order valence-corrected chi connectivity index (χ2v) is 4.58. The Kier molecular flexibility index (Phi) is 2.49. The highest BCUT2D eigenvalue weighted by Gasteiger charge is 2.14. The van der Waals surface area contributed by atoms with Crippen molar-refractivity contribution in [1.29, 1.82) is 0 Å². The third kappa shape index (κ3) is 1.43. The SMILES string of the molecule is COc1c(C=O)sc2ccc(C)c(C)c12. The second-order valence-electron chi connectivity index (χ2n) is 3.50. The number of rotatable bonds is 2. The summed E-state index contributed by atoms with van der Waals surface area (Å²) >= 11 is 1.48. The van der Waals surface area contributed by atoms with E-state index in [-0.39, 0.29) is 0 Å². The maximum absolute atomic E-state index is 10.9. The third-order valence-electron chi connectivity index (χ3n) is 2.68. The van der Waals surface area contributed by atoms with Crippen molar-refractivity contribution < 1.29 is 9.53 Å². The van der Waals surface area contributed by atoms with Gasteiger partial charge < -0.3 is 4.74 Å². The molecule has 1 aromatic heterocycles. The summed E-state index contributed by atoms with van der Waals surface area (Å²) in [5, 5.41) is 1.07. The van der Waals surface area contributed by atoms with E-state index in [2.05, 4.69) is 19.9 Å². The van der Waals surface area contributed by atoms with E-state index in [0.717, 1.165) is 16.4 Å². The van der Waals surface area contributed by atoms with Gasteiger partial charge in [-0.25, -0.2) is 0 Å². The quantitative estimate of drug-likeness (QED) is 0.725. The number of fused-ring (bicyclic) bond motifs is 1. The van der Waals surface area contributed by atoms with Crippen molar-refractivity contribution in [3.05, 3.63) is 28.1 Å². The Morgan fingerprint density at radius 1 is 1.33 bits per heavy atom. The Labute approximate surface area is 92.5 Å². The average Bonchev–Trinajstić information content (AvgIpc) is 2.61. The van der Waals surface area contributed by atoms with Crippen LogP contribution in [0.15, 0.2) is 12.1 Å². The lowest BCUT2D eigenvalue weighted by atomic mass is 10.1. The molecule has 1 heterocycles. The van der Waals surface area contributed by atoms with E-state index in [0.29, 0.717) is 10.6 Å². The lowest BCUT2D eigenvalue weighted by Gasteiger charge is -2.04. The fourth-order valence-corrected chi connectivity index (χ4v) is 2.77. The van der Waals surface area contributed by atoms with Gasteiger partial charge in [-0.15, -0.1) is 11.3 Å². The Balaban J connectivity index is 2.90. The van der Waals surface area contributed by atoms with Gasteiger partial charge in [0.05, 0.1) is 7.11 Å². The van der Waals surface area contributed by atoms with Crippen molar-refractivity contribution in [2.75, 3.05) is 7.11 Å². The Hall–Kier alpha value is -1.35. The molecule has 0 atom stereocenters. The molecule has 0 aliphatic rings. The summed E-state index contributed by atoms with van der Waals surface area (Å²) in [6.07, 6.45) is 0.859. The van der Waals surface area contributed by atoms with E-state index < -0.39 is 0 Å². The van der Waals surface area contributed by atoms with E-state index in [1.165, 1.54) is 22.5 Å². The molecule has 0 N–H and O–H groups in total. The first-order chi connectivity index (χ1) is 7.19. The predicted molar refractivity (Wildman–Crippen MR) is 63.2 cm³/mol. The van der Waals surface area contributed by atoms with Crippen LogP contribution in [-0.2, 0) is 0 Å². The molecule has 0 radical (unpaired) electrons. The number of aryl methyl sites for hydroxylation is 2. The van der Waals surface area contributed by atoms with Crippen molar-refractivity contribution in [1.82, 2.24) is 0 Å². The number of carbonyl (C=O) groups excluding carboxylic acids is 1. The lowest BCUT2D eigenvalue weighted by Crippen LogP contribution is -1.87. The molecule has 0 fully saturated rings. The molecule has 0 aliphatic carbocycles. The summed E-state index contributed by atoms with van der Waals surface area (Å²) in [6, 6.07) is 4.11. The van der Waals surface area contributed by atoms with E-state index >= 15 is 0 Å². The van der Waals surface area contributed by atoms with Crippen LogP contribution in [0.1, 0.15) is 20.8 Å². The van der Waals surface area contributed by atoms with E-state index in [1.807, 2.05) is 6.07 Å². The maximum atomic E-state index is 10.9. The van der Waals surface area contributed by atoms with Crippen LogP contribution < -0.4 is 4.74 Å². The van der Waals surface area contributed by atoms with Crippen molar-refractivity contribution in [2.45, 2.75) is 13.8 Å². The number of carbonyl (C=O) groups is 1. The Morgan fingerprint density at radius 2 is 2.07 bits per heavy atom. The summed E-state index contributed by atoms with van der Waals surface area (Å²) in [4.78, 5) is 11.6. The number of benzene rings is 1. The largest absolute Gasteiger partial charge is 0.494 e. The first kappa shape index (κ1) is 10.2. The normalized spacial score (nSPS) is 10.6. The van der Waals surface area contributed by atoms with Crippen LogP contribution in [0.4, 0.5) is 0 Å². The van der Waals surface area contributed by atoms with Crippen molar-refractivity contribution in [3.63, 3.8) is 0 Å². The average molecular weight is 220 g/mol. The minimum absolute atomic E-state index is 0.668. The van der Waals surface area contributed by atoms with Gasteiger partial charge in [-0.05, 0) is 31.0 Å². The fraction of sp³-hybridized carbons (Fsp3) is 0.250. The summed E-state index contributed by atoms with van der Waals surface area (Å²) < 4.78 is 6.41. The molecule has 1 aromatic carbocycles. The molecule has 0 amide bonds. The molecule has 0 unspecified atom stereocenters. The Bertz CT molecular complexity index is 526. The molecule has 0 saturated carbocycles. The van der Waals surface area contributed by atoms with E-state index in [9.17, 15) is 4.79 Å². The molecule has 2 nitrogen and oxygen atoms in total. The molecular weight excluding hydrogens is 208 g/mol. The molecule has 2 aromatic rings. The molecule has 3 heteroatoms. The van der Waals surface area contributed by atoms with Gasteiger partial charge in [0.2, 0.25) is 0 Å². The van der Waals surface area contributed by atoms with E-state index in [1.54, 1.807) is 7.11 Å². The molecular formula is C12H12O2S. The van der Waals surface area contributed by atoms with Crippen molar-refractivity contribution >= 4 is 27.7 Å². The molecule has 15 heavy (non-hydrogen) atoms. The standard InChI is InChI=1S/C12H12O2S/c1-7-4-5-9-11(8(7)2)12(14-3)10(6-13)15-9/h4-6H,1-3H3. The van der Waals surface area contributed by atoms with Gasteiger partial charge in [-0.2, -0.15) is 0 Å². The minimum atomic E-state index is 0.668. The highest BCUT2D eigenvalue weighted by Crippen LogP contribution is 2.39. The zero-order valence-electron chi connectivity index (χ0n) is 8.96. The zero-order chi connectivity index (χ0) is 11.0. The van der Waals surface area contributed by atoms with Gasteiger partial charge in [-0.1, -0.05) is 6.07 Å². The highest BCUT2D eigenvalue weighted by atomic mass is 32.1. The van der Waals surface area contributed by atoms with Gasteiger partial charge in [-0.3, -0.25) is 4.79 Å². The van der Waals surface area contributed by atoms with Crippen LogP contribution in [-0.4, -0.2) is 13.4 Å². The van der Waals surface area contributed by atoms with Gasteiger partial charge in [0.15, 0.2) is 6.29 Å². The molecule has 0 saturated heterocycles. The molecule has 0 spiro atoms. The fourth-order valence-electron chi connectivity index (χ4n) is 1.73. The molecule has 0 bridgehead atoms. The number of thiophene rings is 1. The number of aldehydes is 1. The van der Waals surface area contributed by atoms with Crippen LogP contribution in [0.5, 0.6) is 5.75 Å². The second kappa shape index (κ2) is 3.66. The van der Waals surface area contributed by atoms with Crippen molar-refractivity contribution in [3.8, 4) is 5.75 Å². The van der Waals surface area contributed by atoms with Crippen molar-refractivity contribution in [2.24, 2.45) is 0 Å². The first-order valence-electron chi connectivity index (χ1n) is 4.71. The summed E-state index contributed by atoms with van der Waals surface area (Å²) in [7, 11) is 1.61. The monoisotopic (exact) mass is 220 g/mol. The van der Waals surface area contributed by atoms with Gasteiger partial charge >= 0.3 is 0 Å². The zero-order valence-corrected chi connectivity index (χ0v) is 9.77. The predicted octanol–water partition coefficient (Wildman–Crippen LogP) is 3.34. The first-order valence-corrected chi connectivity index (χ1v) is 5.52. The van der Waals surface area contributed by atoms with Crippen LogP contribution >= 0.6 is 11.3 Å². The van der Waals surface area contributed by atoms with Gasteiger partial charge in [0.25, 0.3) is 0 Å². The van der Waals surface area contributed by atoms with Crippen LogP contribution in [0.2, 0.25) is 0 Å². The highest BCUT2D eigenvalue weighted by molar-refractivity contribution is 7.21. The van der Waals surface area contributed by atoms with Crippen LogP contribution in [0, 0.1) is 13.8 Å². The van der Waals surface area contributed by atoms with Crippen LogP contribution in [0.25, 0.3) is 10.1 Å². The molecule has 0 aliphatic heterocycles. The summed E-state index contributed by atoms with van der Waals surface area (Å²) in [6.45, 7) is 4.12. The van der Waals surface area contributed by atoms with Gasteiger partial charge in [0.1, 0.15) is 10.6 Å². The van der Waals surface area contributed by atoms with Gasteiger partial charge in [0, 0.05) is 10.1 Å². The van der Waals surface area contributed by atoms with E-state index in [4.69, 9.17) is 4.74 Å². The Morgan fingerprint density at radius 3 is 2.67 bits per heavy atom. The number of ether oxygens (including phenoxy) is 1. The number of hydrogen-bond acceptors (Lipinski definition) is 3. The topological polar surface area (TPSA) is 26.3 Å².